The first-order chi connectivity index (χ1) is 25.1. The van der Waals surface area contributed by atoms with Gasteiger partial charge in [0.2, 0.25) is 11.8 Å². The van der Waals surface area contributed by atoms with Gasteiger partial charge in [0, 0.05) is 35.2 Å². The van der Waals surface area contributed by atoms with E-state index in [2.05, 4.69) is 15.9 Å². The van der Waals surface area contributed by atoms with Crippen molar-refractivity contribution in [3.05, 3.63) is 124 Å². The molecule has 3 amide bonds. The Kier molecular flexibility index (Phi) is 10.1. The van der Waals surface area contributed by atoms with Crippen LogP contribution in [0.25, 0.3) is 0 Å². The van der Waals surface area contributed by atoms with Gasteiger partial charge in [-0.25, -0.2) is 0 Å². The topological polar surface area (TPSA) is 117 Å². The highest BCUT2D eigenvalue weighted by atomic mass is 79.9. The molecule has 0 radical (unpaired) electrons. The molecule has 10 nitrogen and oxygen atoms in total. The molecule has 7 rings (SSSR count). The lowest BCUT2D eigenvalue weighted by Gasteiger charge is -2.38. The van der Waals surface area contributed by atoms with Crippen LogP contribution in [0.2, 0.25) is 5.02 Å². The number of nitrogens with zero attached hydrogens (tertiary/aromatic N) is 3. The zero-order chi connectivity index (χ0) is 36.7. The van der Waals surface area contributed by atoms with Gasteiger partial charge in [0.25, 0.3) is 5.91 Å². The van der Waals surface area contributed by atoms with Gasteiger partial charge in [0.1, 0.15) is 29.8 Å². The van der Waals surface area contributed by atoms with Crippen molar-refractivity contribution >= 4 is 56.9 Å². The number of aliphatic hydroxyl groups excluding tert-OH is 1. The lowest BCUT2D eigenvalue weighted by Crippen LogP contribution is -2.57. The molecular weight excluding hydrogens is 750 g/mol. The quantitative estimate of drug-likeness (QED) is 0.258. The predicted molar refractivity (Wildman–Crippen MR) is 198 cm³/mol. The Balaban J connectivity index is 1.40. The summed E-state index contributed by atoms with van der Waals surface area (Å²) in [6.45, 7) is 1.44. The second-order valence-electron chi connectivity index (χ2n) is 13.6. The summed E-state index contributed by atoms with van der Waals surface area (Å²) in [5, 5.41) is 11.4. The van der Waals surface area contributed by atoms with Gasteiger partial charge in [0.15, 0.2) is 0 Å². The number of amides is 3. The Morgan fingerprint density at radius 3 is 2.27 bits per heavy atom. The van der Waals surface area contributed by atoms with Gasteiger partial charge in [-0.2, -0.15) is 0 Å². The minimum Gasteiger partial charge on any atom is -0.455 e. The number of likely N-dealkylation sites (tertiary alicyclic amines) is 1. The summed E-state index contributed by atoms with van der Waals surface area (Å²) in [7, 11) is 1.69. The van der Waals surface area contributed by atoms with E-state index >= 15 is 9.59 Å². The first-order valence-electron chi connectivity index (χ1n) is 17.3. The number of allylic oxidation sites excluding steroid dienone is 1. The number of hydrogen-bond donors (Lipinski definition) is 1. The van der Waals surface area contributed by atoms with Gasteiger partial charge in [-0.3, -0.25) is 19.2 Å². The number of rotatable bonds is 5. The SMILES string of the molecule is C[C@H]1[C@H](c2ccccc2)OC(=O)[C@H]2[C@@H]3O[C@@]4(C=C3Br)[C@@H]2C(=O)N([C@H](CO)c2ccccc2)[C@@H]4C(=O)N(c2ccc(Cl)cc2)C/C=C\CCC(=O)N1C. The number of anilines is 1. The standard InChI is InChI=1S/C40H39BrClN3O7/c1-24-34(26-14-8-4-9-15-26)51-39(50)32-33-37(48)45(30(23-46)25-12-6-3-7-13-25)36(40(33)22-29(41)35(32)52-40)38(49)44(28-19-17-27(42)18-20-28)21-11-5-10-16-31(47)43(24)2/h3-9,11-15,17-20,22,24,30,32-36,46H,10,16,21,23H2,1-2H3/b11-5-/t24-,30+,32+,33-,34+,35+,36+,40-/m0/s1. The van der Waals surface area contributed by atoms with Crippen LogP contribution < -0.4 is 4.90 Å². The lowest BCUT2D eigenvalue weighted by atomic mass is 9.74. The van der Waals surface area contributed by atoms with Crippen LogP contribution in [0.4, 0.5) is 5.69 Å². The third kappa shape index (κ3) is 6.17. The van der Waals surface area contributed by atoms with Crippen molar-refractivity contribution in [1.82, 2.24) is 9.80 Å². The number of cyclic esters (lactones) is 1. The number of carbonyl (C=O) groups excluding carboxylic acids is 4. The van der Waals surface area contributed by atoms with Crippen LogP contribution in [0.3, 0.4) is 0 Å². The Labute approximate surface area is 315 Å². The average Bonchev–Trinajstić information content (AvgIpc) is 3.75. The molecule has 0 aromatic heterocycles. The van der Waals surface area contributed by atoms with Gasteiger partial charge >= 0.3 is 5.97 Å². The van der Waals surface area contributed by atoms with E-state index in [1.807, 2.05) is 55.5 Å². The van der Waals surface area contributed by atoms with E-state index in [9.17, 15) is 14.7 Å². The number of halogens is 2. The molecule has 8 atom stereocenters. The van der Waals surface area contributed by atoms with Crippen LogP contribution in [-0.2, 0) is 28.7 Å². The maximum Gasteiger partial charge on any atom is 0.313 e. The monoisotopic (exact) mass is 787 g/mol. The molecule has 52 heavy (non-hydrogen) atoms. The minimum absolute atomic E-state index is 0.102. The fourth-order valence-corrected chi connectivity index (χ4v) is 8.93. The average molecular weight is 789 g/mol. The van der Waals surface area contributed by atoms with Crippen molar-refractivity contribution in [2.45, 2.75) is 55.7 Å². The van der Waals surface area contributed by atoms with Crippen molar-refractivity contribution in [1.29, 1.82) is 0 Å². The van der Waals surface area contributed by atoms with E-state index in [0.29, 0.717) is 32.7 Å². The molecule has 1 spiro atoms. The molecule has 4 aliphatic rings. The molecule has 1 N–H and O–H groups in total. The summed E-state index contributed by atoms with van der Waals surface area (Å²) in [6, 6.07) is 22.2. The number of aliphatic hydroxyl groups is 1. The zero-order valence-corrected chi connectivity index (χ0v) is 31.0. The third-order valence-electron chi connectivity index (χ3n) is 10.8. The highest BCUT2D eigenvalue weighted by Crippen LogP contribution is 2.60. The van der Waals surface area contributed by atoms with Crippen molar-refractivity contribution in [2.24, 2.45) is 11.8 Å². The summed E-state index contributed by atoms with van der Waals surface area (Å²) in [4.78, 5) is 62.9. The van der Waals surface area contributed by atoms with Gasteiger partial charge < -0.3 is 29.3 Å². The molecule has 0 aliphatic carbocycles. The van der Waals surface area contributed by atoms with Crippen molar-refractivity contribution in [3.8, 4) is 0 Å². The van der Waals surface area contributed by atoms with E-state index in [1.54, 1.807) is 66.6 Å². The van der Waals surface area contributed by atoms with E-state index in [-0.39, 0.29) is 18.9 Å². The van der Waals surface area contributed by atoms with E-state index in [1.165, 1.54) is 9.80 Å². The molecule has 2 fully saturated rings. The van der Waals surface area contributed by atoms with Crippen LogP contribution in [-0.4, -0.2) is 82.6 Å². The Morgan fingerprint density at radius 1 is 0.923 bits per heavy atom. The Morgan fingerprint density at radius 2 is 1.60 bits per heavy atom. The number of hydrogen-bond acceptors (Lipinski definition) is 7. The Bertz CT molecular complexity index is 1910. The van der Waals surface area contributed by atoms with Gasteiger partial charge in [-0.1, -0.05) is 100 Å². The summed E-state index contributed by atoms with van der Waals surface area (Å²) < 4.78 is 13.6. The molecule has 4 aliphatic heterocycles. The van der Waals surface area contributed by atoms with Gasteiger partial charge in [0.05, 0.1) is 24.6 Å². The largest absolute Gasteiger partial charge is 0.455 e. The molecule has 0 unspecified atom stereocenters. The molecule has 4 heterocycles. The van der Waals surface area contributed by atoms with Crippen LogP contribution in [0.5, 0.6) is 0 Å². The van der Waals surface area contributed by atoms with E-state index in [4.69, 9.17) is 21.1 Å². The Hall–Kier alpha value is -4.29. The molecule has 2 saturated heterocycles. The summed E-state index contributed by atoms with van der Waals surface area (Å²) >= 11 is 9.87. The third-order valence-corrected chi connectivity index (χ3v) is 11.7. The van der Waals surface area contributed by atoms with Crippen LogP contribution >= 0.6 is 27.5 Å². The maximum atomic E-state index is 15.3. The van der Waals surface area contributed by atoms with Crippen LogP contribution in [0.15, 0.2) is 108 Å². The molecule has 3 aromatic rings. The molecule has 0 saturated carbocycles. The smallest absolute Gasteiger partial charge is 0.313 e. The minimum atomic E-state index is -1.58. The lowest BCUT2D eigenvalue weighted by molar-refractivity contribution is -0.164. The summed E-state index contributed by atoms with van der Waals surface area (Å²) in [6.07, 6.45) is 4.23. The number of ether oxygens (including phenoxy) is 2. The first kappa shape index (κ1) is 36.1. The fraction of sp³-hybridized carbons (Fsp3) is 0.350. The summed E-state index contributed by atoms with van der Waals surface area (Å²) in [5.41, 5.74) is 0.248. The van der Waals surface area contributed by atoms with Crippen LogP contribution in [0.1, 0.15) is 43.0 Å². The molecular formula is C40H39BrClN3O7. The number of likely N-dealkylation sites (N-methyl/N-ethyl adjacent to an activating group) is 1. The highest BCUT2D eigenvalue weighted by Gasteiger charge is 2.75. The van der Waals surface area contributed by atoms with Crippen molar-refractivity contribution in [2.75, 3.05) is 25.1 Å². The van der Waals surface area contributed by atoms with E-state index < -0.39 is 72.2 Å². The summed E-state index contributed by atoms with van der Waals surface area (Å²) in [5.74, 6) is -4.10. The fourth-order valence-electron chi connectivity index (χ4n) is 8.06. The van der Waals surface area contributed by atoms with Crippen molar-refractivity contribution in [3.63, 3.8) is 0 Å². The number of benzene rings is 3. The molecule has 270 valence electrons. The highest BCUT2D eigenvalue weighted by molar-refractivity contribution is 9.11. The number of esters is 1. The molecule has 3 aromatic carbocycles. The zero-order valence-electron chi connectivity index (χ0n) is 28.7. The van der Waals surface area contributed by atoms with E-state index in [0.717, 1.165) is 0 Å². The normalized spacial score (nSPS) is 30.6. The maximum absolute atomic E-state index is 15.3. The second kappa shape index (κ2) is 14.6. The molecule has 5 bridgehead atoms. The van der Waals surface area contributed by atoms with Gasteiger partial charge in [-0.15, -0.1) is 0 Å². The van der Waals surface area contributed by atoms with Crippen LogP contribution in [0, 0.1) is 11.8 Å². The number of carbonyl (C=O) groups is 4. The van der Waals surface area contributed by atoms with Gasteiger partial charge in [-0.05, 0) is 54.8 Å². The first-order valence-corrected chi connectivity index (χ1v) is 18.5. The van der Waals surface area contributed by atoms with Crippen molar-refractivity contribution < 1.29 is 33.8 Å². The second-order valence-corrected chi connectivity index (χ2v) is 15.0. The molecule has 12 heteroatoms. The predicted octanol–water partition coefficient (Wildman–Crippen LogP) is 5.76. The number of fused-ring (bicyclic) bond motifs is 2.